The van der Waals surface area contributed by atoms with Gasteiger partial charge in [0.2, 0.25) is 5.91 Å². The van der Waals surface area contributed by atoms with Gasteiger partial charge in [-0.15, -0.1) is 0 Å². The Balaban J connectivity index is 1.74. The molecule has 0 radical (unpaired) electrons. The molecule has 7 heteroatoms. The van der Waals surface area contributed by atoms with Crippen molar-refractivity contribution in [3.63, 3.8) is 0 Å². The molecule has 3 rings (SSSR count). The number of aryl methyl sites for hydroxylation is 1. The fourth-order valence-corrected chi connectivity index (χ4v) is 3.38. The highest BCUT2D eigenvalue weighted by Crippen LogP contribution is 2.28. The normalized spacial score (nSPS) is 19.4. The second kappa shape index (κ2) is 6.92. The molecule has 1 heterocycles. The fourth-order valence-electron chi connectivity index (χ4n) is 2.91. The number of hydrogen-bond acceptors (Lipinski definition) is 3. The van der Waals surface area contributed by atoms with E-state index in [0.29, 0.717) is 11.3 Å². The summed E-state index contributed by atoms with van der Waals surface area (Å²) in [4.78, 5) is 38.4. The molecule has 1 aliphatic heterocycles. The molecule has 0 spiro atoms. The number of amides is 4. The minimum absolute atomic E-state index is 0.345. The summed E-state index contributed by atoms with van der Waals surface area (Å²) in [5.41, 5.74) is 1.01. The van der Waals surface area contributed by atoms with Crippen LogP contribution < -0.4 is 10.6 Å². The lowest BCUT2D eigenvalue weighted by Gasteiger charge is -2.22. The summed E-state index contributed by atoms with van der Waals surface area (Å²) in [6, 6.07) is 13.8. The molecule has 4 amide bonds. The van der Waals surface area contributed by atoms with Gasteiger partial charge in [-0.3, -0.25) is 14.5 Å². The second-order valence-electron chi connectivity index (χ2n) is 6.32. The Morgan fingerprint density at radius 1 is 1.19 bits per heavy atom. The van der Waals surface area contributed by atoms with Crippen molar-refractivity contribution in [3.8, 4) is 0 Å². The SMILES string of the molecule is Cc1cc(Br)ccc1NC(=O)CN1C(=O)N[C@@](C)(c2ccccc2)C1=O. The third kappa shape index (κ3) is 3.35. The summed E-state index contributed by atoms with van der Waals surface area (Å²) < 4.78 is 0.903. The molecule has 2 N–H and O–H groups in total. The van der Waals surface area contributed by atoms with E-state index in [0.717, 1.165) is 14.9 Å². The van der Waals surface area contributed by atoms with Crippen molar-refractivity contribution >= 4 is 39.5 Å². The minimum atomic E-state index is -1.17. The summed E-state index contributed by atoms with van der Waals surface area (Å²) in [6.45, 7) is 3.16. The molecule has 6 nitrogen and oxygen atoms in total. The summed E-state index contributed by atoms with van der Waals surface area (Å²) in [6.07, 6.45) is 0. The van der Waals surface area contributed by atoms with Crippen molar-refractivity contribution in [3.05, 3.63) is 64.1 Å². The number of carbonyl (C=O) groups excluding carboxylic acids is 3. The predicted molar refractivity (Wildman–Crippen MR) is 102 cm³/mol. The van der Waals surface area contributed by atoms with Crippen LogP contribution >= 0.6 is 15.9 Å². The Kier molecular flexibility index (Phi) is 4.82. The Morgan fingerprint density at radius 2 is 1.88 bits per heavy atom. The van der Waals surface area contributed by atoms with E-state index in [1.54, 1.807) is 37.3 Å². The van der Waals surface area contributed by atoms with Crippen molar-refractivity contribution in [2.45, 2.75) is 19.4 Å². The first-order valence-corrected chi connectivity index (χ1v) is 8.86. The highest BCUT2D eigenvalue weighted by molar-refractivity contribution is 9.10. The van der Waals surface area contributed by atoms with E-state index in [1.807, 2.05) is 25.1 Å². The third-order valence-electron chi connectivity index (χ3n) is 4.39. The number of benzene rings is 2. The number of urea groups is 1. The lowest BCUT2D eigenvalue weighted by atomic mass is 9.92. The zero-order valence-corrected chi connectivity index (χ0v) is 16.0. The molecule has 1 saturated heterocycles. The van der Waals surface area contributed by atoms with Gasteiger partial charge in [0.25, 0.3) is 5.91 Å². The summed E-state index contributed by atoms with van der Waals surface area (Å²) >= 11 is 3.37. The Hall–Kier alpha value is -2.67. The van der Waals surface area contributed by atoms with Crippen LogP contribution in [0.2, 0.25) is 0 Å². The van der Waals surface area contributed by atoms with Crippen molar-refractivity contribution in [1.82, 2.24) is 10.2 Å². The van der Waals surface area contributed by atoms with E-state index in [9.17, 15) is 14.4 Å². The second-order valence-corrected chi connectivity index (χ2v) is 7.24. The third-order valence-corrected chi connectivity index (χ3v) is 4.88. The van der Waals surface area contributed by atoms with Crippen LogP contribution in [0.3, 0.4) is 0 Å². The van der Waals surface area contributed by atoms with Crippen LogP contribution in [0.1, 0.15) is 18.1 Å². The molecular weight excluding hydrogens is 398 g/mol. The number of nitrogens with one attached hydrogen (secondary N) is 2. The van der Waals surface area contributed by atoms with E-state index in [1.165, 1.54) is 0 Å². The van der Waals surface area contributed by atoms with Gasteiger partial charge in [-0.2, -0.15) is 0 Å². The van der Waals surface area contributed by atoms with Gasteiger partial charge in [-0.25, -0.2) is 4.79 Å². The molecule has 134 valence electrons. The zero-order valence-electron chi connectivity index (χ0n) is 14.4. The summed E-state index contributed by atoms with van der Waals surface area (Å²) in [5, 5.41) is 5.42. The van der Waals surface area contributed by atoms with Gasteiger partial charge in [0.15, 0.2) is 0 Å². The van der Waals surface area contributed by atoms with Crippen molar-refractivity contribution < 1.29 is 14.4 Å². The first-order chi connectivity index (χ1) is 12.3. The van der Waals surface area contributed by atoms with Gasteiger partial charge in [0.05, 0.1) is 0 Å². The zero-order chi connectivity index (χ0) is 18.9. The summed E-state index contributed by atoms with van der Waals surface area (Å²) in [5.74, 6) is -0.882. The number of imide groups is 1. The van der Waals surface area contributed by atoms with Gasteiger partial charge in [-0.05, 0) is 43.2 Å². The standard InChI is InChI=1S/C19H18BrN3O3/c1-12-10-14(20)8-9-15(12)21-16(24)11-23-17(25)19(2,22-18(23)26)13-6-4-3-5-7-13/h3-10H,11H2,1-2H3,(H,21,24)(H,22,26)/t19-/m0/s1. The molecule has 1 aliphatic rings. The Bertz CT molecular complexity index is 885. The highest BCUT2D eigenvalue weighted by Gasteiger charge is 2.49. The lowest BCUT2D eigenvalue weighted by molar-refractivity contribution is -0.133. The maximum Gasteiger partial charge on any atom is 0.325 e. The van der Waals surface area contributed by atoms with Crippen LogP contribution in [-0.4, -0.2) is 29.3 Å². The molecular formula is C19H18BrN3O3. The number of halogens is 1. The van der Waals surface area contributed by atoms with E-state index in [-0.39, 0.29) is 6.54 Å². The van der Waals surface area contributed by atoms with Crippen LogP contribution in [0, 0.1) is 6.92 Å². The largest absolute Gasteiger partial charge is 0.325 e. The Labute approximate surface area is 159 Å². The number of hydrogen-bond donors (Lipinski definition) is 2. The van der Waals surface area contributed by atoms with E-state index in [4.69, 9.17) is 0 Å². The molecule has 0 aliphatic carbocycles. The van der Waals surface area contributed by atoms with E-state index in [2.05, 4.69) is 26.6 Å². The first kappa shape index (κ1) is 18.1. The van der Waals surface area contributed by atoms with Crippen LogP contribution in [0.15, 0.2) is 53.0 Å². The van der Waals surface area contributed by atoms with E-state index < -0.39 is 23.4 Å². The van der Waals surface area contributed by atoms with Crippen LogP contribution in [0.4, 0.5) is 10.5 Å². The van der Waals surface area contributed by atoms with Gasteiger partial charge in [0, 0.05) is 10.2 Å². The number of anilines is 1. The molecule has 0 bridgehead atoms. The molecule has 0 unspecified atom stereocenters. The van der Waals surface area contributed by atoms with E-state index >= 15 is 0 Å². The topological polar surface area (TPSA) is 78.5 Å². The maximum absolute atomic E-state index is 12.8. The van der Waals surface area contributed by atoms with Gasteiger partial charge in [0.1, 0.15) is 12.1 Å². The van der Waals surface area contributed by atoms with Gasteiger partial charge < -0.3 is 10.6 Å². The number of rotatable bonds is 4. The molecule has 2 aromatic carbocycles. The quantitative estimate of drug-likeness (QED) is 0.752. The monoisotopic (exact) mass is 415 g/mol. The Morgan fingerprint density at radius 3 is 2.54 bits per heavy atom. The lowest BCUT2D eigenvalue weighted by Crippen LogP contribution is -2.42. The van der Waals surface area contributed by atoms with Crippen molar-refractivity contribution in [1.29, 1.82) is 0 Å². The molecule has 2 aromatic rings. The molecule has 1 atom stereocenters. The average molecular weight is 416 g/mol. The molecule has 0 aromatic heterocycles. The maximum atomic E-state index is 12.8. The van der Waals surface area contributed by atoms with Crippen LogP contribution in [-0.2, 0) is 15.1 Å². The minimum Gasteiger partial charge on any atom is -0.324 e. The molecule has 26 heavy (non-hydrogen) atoms. The van der Waals surface area contributed by atoms with Crippen molar-refractivity contribution in [2.24, 2.45) is 0 Å². The average Bonchev–Trinajstić information content (AvgIpc) is 2.82. The van der Waals surface area contributed by atoms with Crippen molar-refractivity contribution in [2.75, 3.05) is 11.9 Å². The first-order valence-electron chi connectivity index (χ1n) is 8.07. The highest BCUT2D eigenvalue weighted by atomic mass is 79.9. The molecule has 1 fully saturated rings. The number of carbonyl (C=O) groups is 3. The number of nitrogens with zero attached hydrogens (tertiary/aromatic N) is 1. The van der Waals surface area contributed by atoms with Gasteiger partial charge >= 0.3 is 6.03 Å². The fraction of sp³-hybridized carbons (Fsp3) is 0.211. The smallest absolute Gasteiger partial charge is 0.324 e. The van der Waals surface area contributed by atoms with Crippen LogP contribution in [0.25, 0.3) is 0 Å². The van der Waals surface area contributed by atoms with Gasteiger partial charge in [-0.1, -0.05) is 46.3 Å². The molecule has 0 saturated carbocycles. The van der Waals surface area contributed by atoms with Crippen LogP contribution in [0.5, 0.6) is 0 Å². The predicted octanol–water partition coefficient (Wildman–Crippen LogP) is 3.16. The summed E-state index contributed by atoms with van der Waals surface area (Å²) in [7, 11) is 0.